The number of aliphatic hydroxyl groups excluding tert-OH is 1. The van der Waals surface area contributed by atoms with E-state index >= 15 is 0 Å². The molecular weight excluding hydrogens is 182 g/mol. The molecule has 1 aliphatic heterocycles. The molecule has 0 saturated heterocycles. The zero-order valence-corrected chi connectivity index (χ0v) is 7.43. The van der Waals surface area contributed by atoms with Crippen molar-refractivity contribution in [3.8, 4) is 17.6 Å². The van der Waals surface area contributed by atoms with Crippen molar-refractivity contribution in [1.29, 1.82) is 5.26 Å². The van der Waals surface area contributed by atoms with Gasteiger partial charge in [-0.05, 0) is 12.1 Å². The average Bonchev–Trinajstić information content (AvgIpc) is 2.27. The van der Waals surface area contributed by atoms with Gasteiger partial charge in [-0.2, -0.15) is 5.26 Å². The van der Waals surface area contributed by atoms with E-state index in [1.54, 1.807) is 18.2 Å². The number of hydrogen-bond donors (Lipinski definition) is 1. The lowest BCUT2D eigenvalue weighted by Crippen LogP contribution is -2.32. The van der Waals surface area contributed by atoms with E-state index < -0.39 is 0 Å². The monoisotopic (exact) mass is 191 g/mol. The molecule has 2 rings (SSSR count). The summed E-state index contributed by atoms with van der Waals surface area (Å²) >= 11 is 0. The Labute approximate surface area is 81.3 Å². The highest BCUT2D eigenvalue weighted by molar-refractivity contribution is 5.53. The number of aliphatic hydroxyl groups is 1. The first-order valence-corrected chi connectivity index (χ1v) is 4.28. The standard InChI is InChI=1S/C10H9NO3/c11-4-7-2-1-3-9-10(7)13-6-8(5-12)14-9/h1-3,8,12H,5-6H2. The zero-order valence-electron chi connectivity index (χ0n) is 7.43. The third-order valence-corrected chi connectivity index (χ3v) is 2.01. The number of nitriles is 1. The molecule has 0 aliphatic carbocycles. The molecule has 0 spiro atoms. The second kappa shape index (κ2) is 3.56. The summed E-state index contributed by atoms with van der Waals surface area (Å²) in [6.07, 6.45) is -0.337. The van der Waals surface area contributed by atoms with E-state index in [4.69, 9.17) is 19.8 Å². The van der Waals surface area contributed by atoms with E-state index in [2.05, 4.69) is 0 Å². The largest absolute Gasteiger partial charge is 0.484 e. The topological polar surface area (TPSA) is 62.5 Å². The Kier molecular flexibility index (Phi) is 2.25. The van der Waals surface area contributed by atoms with Crippen molar-refractivity contribution in [3.05, 3.63) is 23.8 Å². The van der Waals surface area contributed by atoms with E-state index in [-0.39, 0.29) is 19.3 Å². The lowest BCUT2D eigenvalue weighted by Gasteiger charge is -2.25. The summed E-state index contributed by atoms with van der Waals surface area (Å²) in [4.78, 5) is 0. The second-order valence-corrected chi connectivity index (χ2v) is 2.98. The van der Waals surface area contributed by atoms with Crippen LogP contribution in [-0.4, -0.2) is 24.4 Å². The summed E-state index contributed by atoms with van der Waals surface area (Å²) in [5.74, 6) is 0.994. The quantitative estimate of drug-likeness (QED) is 0.709. The first kappa shape index (κ1) is 8.85. The van der Waals surface area contributed by atoms with Gasteiger partial charge in [0.15, 0.2) is 17.6 Å². The molecule has 14 heavy (non-hydrogen) atoms. The predicted octanol–water partition coefficient (Wildman–Crippen LogP) is 0.690. The average molecular weight is 191 g/mol. The van der Waals surface area contributed by atoms with Crippen LogP contribution in [0.2, 0.25) is 0 Å². The molecule has 0 bridgehead atoms. The van der Waals surface area contributed by atoms with Gasteiger partial charge in [-0.25, -0.2) is 0 Å². The SMILES string of the molecule is N#Cc1cccc2c1OCC(CO)O2. The molecule has 1 aliphatic rings. The first-order valence-electron chi connectivity index (χ1n) is 4.28. The van der Waals surface area contributed by atoms with E-state index in [0.717, 1.165) is 0 Å². The highest BCUT2D eigenvalue weighted by Gasteiger charge is 2.22. The molecule has 72 valence electrons. The Morgan fingerprint density at radius 2 is 2.43 bits per heavy atom. The van der Waals surface area contributed by atoms with Gasteiger partial charge in [0.25, 0.3) is 0 Å². The summed E-state index contributed by atoms with van der Waals surface area (Å²) in [6, 6.07) is 7.13. The van der Waals surface area contributed by atoms with Crippen LogP contribution in [-0.2, 0) is 0 Å². The number of rotatable bonds is 1. The second-order valence-electron chi connectivity index (χ2n) is 2.98. The minimum absolute atomic E-state index is 0.0871. The number of ether oxygens (including phenoxy) is 2. The molecule has 1 unspecified atom stereocenters. The fraction of sp³-hybridized carbons (Fsp3) is 0.300. The number of fused-ring (bicyclic) bond motifs is 1. The number of hydrogen-bond acceptors (Lipinski definition) is 4. The van der Waals surface area contributed by atoms with Crippen LogP contribution in [0.5, 0.6) is 11.5 Å². The van der Waals surface area contributed by atoms with Crippen LogP contribution >= 0.6 is 0 Å². The van der Waals surface area contributed by atoms with Crippen molar-refractivity contribution in [2.24, 2.45) is 0 Å². The van der Waals surface area contributed by atoms with Gasteiger partial charge in [0.05, 0.1) is 12.2 Å². The smallest absolute Gasteiger partial charge is 0.179 e. The van der Waals surface area contributed by atoms with Crippen molar-refractivity contribution in [2.75, 3.05) is 13.2 Å². The Bertz CT molecular complexity index is 383. The van der Waals surface area contributed by atoms with Crippen LogP contribution in [0.15, 0.2) is 18.2 Å². The van der Waals surface area contributed by atoms with Gasteiger partial charge >= 0.3 is 0 Å². The maximum atomic E-state index is 8.87. The minimum atomic E-state index is -0.337. The highest BCUT2D eigenvalue weighted by atomic mass is 16.6. The zero-order chi connectivity index (χ0) is 9.97. The molecule has 1 aromatic rings. The molecule has 0 aromatic heterocycles. The number of para-hydroxylation sites is 1. The van der Waals surface area contributed by atoms with Crippen LogP contribution < -0.4 is 9.47 Å². The summed E-state index contributed by atoms with van der Waals surface area (Å²) in [5, 5.41) is 17.7. The summed E-state index contributed by atoms with van der Waals surface area (Å²) in [5.41, 5.74) is 0.457. The van der Waals surface area contributed by atoms with Crippen molar-refractivity contribution in [3.63, 3.8) is 0 Å². The molecule has 0 fully saturated rings. The van der Waals surface area contributed by atoms with Crippen molar-refractivity contribution >= 4 is 0 Å². The van der Waals surface area contributed by atoms with Gasteiger partial charge in [-0.3, -0.25) is 0 Å². The summed E-state index contributed by atoms with van der Waals surface area (Å²) in [6.45, 7) is 0.193. The molecule has 1 aromatic carbocycles. The van der Waals surface area contributed by atoms with Crippen LogP contribution in [0.3, 0.4) is 0 Å². The lowest BCUT2D eigenvalue weighted by atomic mass is 10.2. The van der Waals surface area contributed by atoms with Gasteiger partial charge in [0.2, 0.25) is 0 Å². The van der Waals surface area contributed by atoms with Crippen molar-refractivity contribution < 1.29 is 14.6 Å². The number of benzene rings is 1. The Morgan fingerprint density at radius 1 is 1.57 bits per heavy atom. The lowest BCUT2D eigenvalue weighted by molar-refractivity contribution is 0.0454. The predicted molar refractivity (Wildman–Crippen MR) is 48.2 cm³/mol. The van der Waals surface area contributed by atoms with Crippen LogP contribution in [0.1, 0.15) is 5.56 Å². The molecule has 1 atom stereocenters. The molecule has 1 N–H and O–H groups in total. The maximum absolute atomic E-state index is 8.87. The fourth-order valence-corrected chi connectivity index (χ4v) is 1.33. The van der Waals surface area contributed by atoms with Gasteiger partial charge in [-0.1, -0.05) is 6.07 Å². The molecule has 0 amide bonds. The summed E-state index contributed by atoms with van der Waals surface area (Å²) < 4.78 is 10.7. The molecule has 1 heterocycles. The highest BCUT2D eigenvalue weighted by Crippen LogP contribution is 2.34. The molecule has 4 nitrogen and oxygen atoms in total. The fourth-order valence-electron chi connectivity index (χ4n) is 1.33. The van der Waals surface area contributed by atoms with Crippen LogP contribution in [0.25, 0.3) is 0 Å². The van der Waals surface area contributed by atoms with E-state index in [1.807, 2.05) is 6.07 Å². The van der Waals surface area contributed by atoms with Gasteiger partial charge < -0.3 is 14.6 Å². The van der Waals surface area contributed by atoms with Crippen molar-refractivity contribution in [2.45, 2.75) is 6.10 Å². The van der Waals surface area contributed by atoms with Gasteiger partial charge in [0.1, 0.15) is 12.7 Å². The van der Waals surface area contributed by atoms with Crippen molar-refractivity contribution in [1.82, 2.24) is 0 Å². The van der Waals surface area contributed by atoms with E-state index in [9.17, 15) is 0 Å². The molecule has 4 heteroatoms. The maximum Gasteiger partial charge on any atom is 0.179 e. The third kappa shape index (κ3) is 1.38. The normalized spacial score (nSPS) is 18.7. The van der Waals surface area contributed by atoms with E-state index in [1.165, 1.54) is 0 Å². The number of nitrogens with zero attached hydrogens (tertiary/aromatic N) is 1. The molecule has 0 saturated carbocycles. The first-order chi connectivity index (χ1) is 6.85. The van der Waals surface area contributed by atoms with Crippen LogP contribution in [0.4, 0.5) is 0 Å². The Morgan fingerprint density at radius 3 is 3.14 bits per heavy atom. The van der Waals surface area contributed by atoms with Crippen LogP contribution in [0, 0.1) is 11.3 Å². The summed E-state index contributed by atoms with van der Waals surface area (Å²) in [7, 11) is 0. The van der Waals surface area contributed by atoms with Gasteiger partial charge in [0, 0.05) is 0 Å². The molecular formula is C10H9NO3. The Balaban J connectivity index is 2.36. The van der Waals surface area contributed by atoms with Gasteiger partial charge in [-0.15, -0.1) is 0 Å². The Hall–Kier alpha value is -1.73. The van der Waals surface area contributed by atoms with E-state index in [0.29, 0.717) is 17.1 Å². The minimum Gasteiger partial charge on any atom is -0.484 e. The third-order valence-electron chi connectivity index (χ3n) is 2.01. The molecule has 0 radical (unpaired) electrons.